The Morgan fingerprint density at radius 2 is 1.83 bits per heavy atom. The highest BCUT2D eigenvalue weighted by molar-refractivity contribution is 7.13. The van der Waals surface area contributed by atoms with Crippen molar-refractivity contribution in [1.29, 1.82) is 0 Å². The van der Waals surface area contributed by atoms with Crippen LogP contribution in [-0.2, 0) is 16.0 Å². The van der Waals surface area contributed by atoms with Crippen molar-refractivity contribution in [2.24, 2.45) is 0 Å². The van der Waals surface area contributed by atoms with Gasteiger partial charge in [0.05, 0.1) is 6.54 Å². The summed E-state index contributed by atoms with van der Waals surface area (Å²) in [5.74, 6) is -0.573. The molecule has 7 heteroatoms. The lowest BCUT2D eigenvalue weighted by molar-refractivity contribution is -0.121. The van der Waals surface area contributed by atoms with Crippen molar-refractivity contribution in [2.75, 3.05) is 13.2 Å². The van der Waals surface area contributed by atoms with Crippen LogP contribution in [0.15, 0.2) is 53.9 Å². The lowest BCUT2D eigenvalue weighted by atomic mass is 10.1. The Balaban J connectivity index is 1.38. The average Bonchev–Trinajstić information content (AvgIpc) is 3.21. The number of thiazole rings is 1. The fraction of sp³-hybridized carbons (Fsp3) is 0.227. The monoisotopic (exact) mass is 428 g/mol. The highest BCUT2D eigenvalue weighted by Gasteiger charge is 2.13. The number of benzene rings is 2. The summed E-state index contributed by atoms with van der Waals surface area (Å²) in [4.78, 5) is 28.3. The first-order chi connectivity index (χ1) is 14.0. The van der Waals surface area contributed by atoms with Crippen molar-refractivity contribution < 1.29 is 14.3 Å². The molecule has 150 valence electrons. The van der Waals surface area contributed by atoms with Gasteiger partial charge in [0.2, 0.25) is 5.91 Å². The molecular formula is C22H21ClN2O3S. The molecule has 0 bridgehead atoms. The topological polar surface area (TPSA) is 68.3 Å². The van der Waals surface area contributed by atoms with Crippen molar-refractivity contribution >= 4 is 34.8 Å². The molecule has 0 aliphatic carbocycles. The molecule has 1 aromatic heterocycles. The molecule has 0 spiro atoms. The van der Waals surface area contributed by atoms with Crippen molar-refractivity contribution in [3.05, 3.63) is 75.8 Å². The van der Waals surface area contributed by atoms with Gasteiger partial charge in [-0.2, -0.15) is 0 Å². The SMILES string of the molecule is Cc1ccc(CCC(=O)NCCOC(=O)c2csc(-c3ccc(Cl)cc3)n2)cc1. The predicted octanol–water partition coefficient (Wildman–Crippen LogP) is 4.68. The van der Waals surface area contributed by atoms with Crippen LogP contribution in [0.1, 0.15) is 28.0 Å². The van der Waals surface area contributed by atoms with E-state index >= 15 is 0 Å². The number of aromatic nitrogens is 1. The van der Waals surface area contributed by atoms with E-state index in [2.05, 4.69) is 10.3 Å². The Bertz CT molecular complexity index is 968. The Morgan fingerprint density at radius 1 is 1.10 bits per heavy atom. The highest BCUT2D eigenvalue weighted by atomic mass is 35.5. The van der Waals surface area contributed by atoms with Crippen molar-refractivity contribution in [1.82, 2.24) is 10.3 Å². The van der Waals surface area contributed by atoms with Gasteiger partial charge in [-0.05, 0) is 31.0 Å². The van der Waals surface area contributed by atoms with E-state index in [0.717, 1.165) is 16.1 Å². The molecule has 0 radical (unpaired) electrons. The minimum atomic E-state index is -0.504. The summed E-state index contributed by atoms with van der Waals surface area (Å²) in [5, 5.41) is 5.78. The van der Waals surface area contributed by atoms with Crippen LogP contribution in [0, 0.1) is 6.92 Å². The third-order valence-electron chi connectivity index (χ3n) is 4.22. The van der Waals surface area contributed by atoms with E-state index in [1.54, 1.807) is 17.5 Å². The Hall–Kier alpha value is -2.70. The smallest absolute Gasteiger partial charge is 0.357 e. The Morgan fingerprint density at radius 3 is 2.55 bits per heavy atom. The lowest BCUT2D eigenvalue weighted by Crippen LogP contribution is -2.28. The first-order valence-corrected chi connectivity index (χ1v) is 10.5. The predicted molar refractivity (Wildman–Crippen MR) is 115 cm³/mol. The van der Waals surface area contributed by atoms with Crippen LogP contribution in [0.2, 0.25) is 5.02 Å². The summed E-state index contributed by atoms with van der Waals surface area (Å²) in [6, 6.07) is 15.4. The van der Waals surface area contributed by atoms with Crippen LogP contribution >= 0.6 is 22.9 Å². The number of nitrogens with zero attached hydrogens (tertiary/aromatic N) is 1. The van der Waals surface area contributed by atoms with Gasteiger partial charge in [0.15, 0.2) is 5.69 Å². The van der Waals surface area contributed by atoms with E-state index in [9.17, 15) is 9.59 Å². The molecule has 0 atom stereocenters. The van der Waals surface area contributed by atoms with Gasteiger partial charge < -0.3 is 10.1 Å². The van der Waals surface area contributed by atoms with Gasteiger partial charge in [-0.25, -0.2) is 9.78 Å². The lowest BCUT2D eigenvalue weighted by Gasteiger charge is -2.06. The molecule has 3 aromatic rings. The third-order valence-corrected chi connectivity index (χ3v) is 5.37. The van der Waals surface area contributed by atoms with Crippen molar-refractivity contribution in [3.63, 3.8) is 0 Å². The number of amides is 1. The summed E-state index contributed by atoms with van der Waals surface area (Å²) in [5.41, 5.74) is 3.46. The van der Waals surface area contributed by atoms with Crippen LogP contribution < -0.4 is 5.32 Å². The minimum absolute atomic E-state index is 0.0692. The molecule has 0 unspecified atom stereocenters. The summed E-state index contributed by atoms with van der Waals surface area (Å²) >= 11 is 7.24. The number of nitrogens with one attached hydrogen (secondary N) is 1. The Kier molecular flexibility index (Phi) is 7.38. The zero-order valence-electron chi connectivity index (χ0n) is 16.0. The summed E-state index contributed by atoms with van der Waals surface area (Å²) in [6.45, 7) is 2.40. The van der Waals surface area contributed by atoms with Gasteiger partial charge in [0, 0.05) is 22.4 Å². The number of rotatable bonds is 8. The van der Waals surface area contributed by atoms with E-state index in [4.69, 9.17) is 16.3 Å². The number of carbonyl (C=O) groups excluding carboxylic acids is 2. The maximum Gasteiger partial charge on any atom is 0.357 e. The fourth-order valence-electron chi connectivity index (χ4n) is 2.60. The number of halogens is 1. The second-order valence-electron chi connectivity index (χ2n) is 6.52. The number of hydrogen-bond acceptors (Lipinski definition) is 5. The molecule has 0 saturated carbocycles. The van der Waals surface area contributed by atoms with E-state index in [0.29, 0.717) is 17.9 Å². The van der Waals surface area contributed by atoms with E-state index in [-0.39, 0.29) is 24.8 Å². The van der Waals surface area contributed by atoms with E-state index in [1.807, 2.05) is 43.3 Å². The molecule has 3 rings (SSSR count). The molecule has 1 N–H and O–H groups in total. The number of aryl methyl sites for hydroxylation is 2. The maximum absolute atomic E-state index is 12.1. The quantitative estimate of drug-likeness (QED) is 0.418. The zero-order valence-corrected chi connectivity index (χ0v) is 17.6. The summed E-state index contributed by atoms with van der Waals surface area (Å²) in [7, 11) is 0. The average molecular weight is 429 g/mol. The van der Waals surface area contributed by atoms with Crippen molar-refractivity contribution in [3.8, 4) is 10.6 Å². The summed E-state index contributed by atoms with van der Waals surface area (Å²) < 4.78 is 5.19. The standard InChI is InChI=1S/C22H21ClN2O3S/c1-15-2-4-16(5-3-15)6-11-20(26)24-12-13-28-22(27)19-14-29-21(25-19)17-7-9-18(23)10-8-17/h2-5,7-10,14H,6,11-13H2,1H3,(H,24,26). The van der Waals surface area contributed by atoms with E-state index < -0.39 is 5.97 Å². The first kappa shape index (κ1) is 21.0. The second kappa shape index (κ2) is 10.2. The molecule has 29 heavy (non-hydrogen) atoms. The van der Waals surface area contributed by atoms with Gasteiger partial charge >= 0.3 is 5.97 Å². The number of ether oxygens (including phenoxy) is 1. The minimum Gasteiger partial charge on any atom is -0.459 e. The van der Waals surface area contributed by atoms with Gasteiger partial charge in [0.1, 0.15) is 11.6 Å². The van der Waals surface area contributed by atoms with Crippen LogP contribution in [0.4, 0.5) is 0 Å². The molecule has 0 saturated heterocycles. The van der Waals surface area contributed by atoms with Crippen molar-refractivity contribution in [2.45, 2.75) is 19.8 Å². The van der Waals surface area contributed by atoms with Gasteiger partial charge in [-0.1, -0.05) is 53.6 Å². The molecule has 2 aromatic carbocycles. The molecular weight excluding hydrogens is 408 g/mol. The second-order valence-corrected chi connectivity index (χ2v) is 7.81. The van der Waals surface area contributed by atoms with E-state index in [1.165, 1.54) is 16.9 Å². The summed E-state index contributed by atoms with van der Waals surface area (Å²) in [6.07, 6.45) is 1.08. The maximum atomic E-state index is 12.1. The Labute approximate surface area is 178 Å². The molecule has 0 aliphatic heterocycles. The van der Waals surface area contributed by atoms with Crippen LogP contribution in [0.5, 0.6) is 0 Å². The normalized spacial score (nSPS) is 10.6. The highest BCUT2D eigenvalue weighted by Crippen LogP contribution is 2.25. The molecule has 1 heterocycles. The number of hydrogen-bond donors (Lipinski definition) is 1. The van der Waals surface area contributed by atoms with Gasteiger partial charge in [0.25, 0.3) is 0 Å². The number of esters is 1. The van der Waals surface area contributed by atoms with Crippen LogP contribution in [-0.4, -0.2) is 30.0 Å². The first-order valence-electron chi connectivity index (χ1n) is 9.22. The molecule has 1 amide bonds. The van der Waals surface area contributed by atoms with Gasteiger partial charge in [-0.3, -0.25) is 4.79 Å². The largest absolute Gasteiger partial charge is 0.459 e. The molecule has 5 nitrogen and oxygen atoms in total. The molecule has 0 aliphatic rings. The van der Waals surface area contributed by atoms with Crippen LogP contribution in [0.3, 0.4) is 0 Å². The molecule has 0 fully saturated rings. The van der Waals surface area contributed by atoms with Gasteiger partial charge in [-0.15, -0.1) is 11.3 Å². The third kappa shape index (κ3) is 6.41. The fourth-order valence-corrected chi connectivity index (χ4v) is 3.52. The number of carbonyl (C=O) groups is 2. The zero-order chi connectivity index (χ0) is 20.6. The van der Waals surface area contributed by atoms with Crippen LogP contribution in [0.25, 0.3) is 10.6 Å².